The van der Waals surface area contributed by atoms with Crippen molar-refractivity contribution < 1.29 is 9.72 Å². The number of nitro benzene ring substituents is 1. The standard InChI is InChI=1S/C17H19ClN4O4/c1-10-14(17(24)20-11(2)19-10)5-7-16(23)21(3)9-12-8-13(22(25)26)4-6-15(12)18/h4,6,8H,5,7,9H2,1-3H3,(H,19,20,24). The molecule has 9 heteroatoms. The number of rotatable bonds is 6. The third-order valence-corrected chi connectivity index (χ3v) is 4.37. The van der Waals surface area contributed by atoms with Crippen LogP contribution in [0.4, 0.5) is 5.69 Å². The Kier molecular flexibility index (Phi) is 6.10. The molecule has 1 aromatic carbocycles. The molecule has 0 bridgehead atoms. The third kappa shape index (κ3) is 4.66. The minimum Gasteiger partial charge on any atom is -0.341 e. The summed E-state index contributed by atoms with van der Waals surface area (Å²) in [6.07, 6.45) is 0.387. The van der Waals surface area contributed by atoms with E-state index in [1.165, 1.54) is 23.1 Å². The Morgan fingerprint density at radius 3 is 2.69 bits per heavy atom. The number of hydrogen-bond donors (Lipinski definition) is 1. The van der Waals surface area contributed by atoms with Crippen LogP contribution in [0.15, 0.2) is 23.0 Å². The zero-order valence-electron chi connectivity index (χ0n) is 14.7. The van der Waals surface area contributed by atoms with Gasteiger partial charge < -0.3 is 9.88 Å². The van der Waals surface area contributed by atoms with E-state index in [1.807, 2.05) is 0 Å². The van der Waals surface area contributed by atoms with Gasteiger partial charge in [-0.3, -0.25) is 19.7 Å². The van der Waals surface area contributed by atoms with E-state index < -0.39 is 4.92 Å². The van der Waals surface area contributed by atoms with Gasteiger partial charge in [0.25, 0.3) is 11.2 Å². The van der Waals surface area contributed by atoms with Crippen molar-refractivity contribution in [3.05, 3.63) is 66.3 Å². The summed E-state index contributed by atoms with van der Waals surface area (Å²) in [4.78, 5) is 42.9. The molecule has 1 aromatic heterocycles. The van der Waals surface area contributed by atoms with Gasteiger partial charge in [-0.1, -0.05) is 11.6 Å². The summed E-state index contributed by atoms with van der Waals surface area (Å²) >= 11 is 6.06. The van der Waals surface area contributed by atoms with E-state index in [0.717, 1.165) is 0 Å². The summed E-state index contributed by atoms with van der Waals surface area (Å²) in [7, 11) is 1.59. The van der Waals surface area contributed by atoms with Crippen LogP contribution >= 0.6 is 11.6 Å². The van der Waals surface area contributed by atoms with Crippen LogP contribution < -0.4 is 5.56 Å². The molecule has 1 heterocycles. The lowest BCUT2D eigenvalue weighted by molar-refractivity contribution is -0.384. The van der Waals surface area contributed by atoms with Gasteiger partial charge in [-0.2, -0.15) is 0 Å². The molecule has 2 rings (SSSR count). The second-order valence-corrected chi connectivity index (χ2v) is 6.41. The molecule has 0 saturated carbocycles. The average Bonchev–Trinajstić information content (AvgIpc) is 2.55. The normalized spacial score (nSPS) is 10.6. The predicted molar refractivity (Wildman–Crippen MR) is 97.2 cm³/mol. The summed E-state index contributed by atoms with van der Waals surface area (Å²) in [6, 6.07) is 4.10. The van der Waals surface area contributed by atoms with Gasteiger partial charge in [0.15, 0.2) is 0 Å². The molecule has 0 radical (unpaired) electrons. The number of non-ortho nitro benzene ring substituents is 1. The first kappa shape index (κ1) is 19.6. The number of aromatic amines is 1. The first-order valence-electron chi connectivity index (χ1n) is 7.92. The number of aromatic nitrogens is 2. The Labute approximate surface area is 155 Å². The van der Waals surface area contributed by atoms with E-state index in [-0.39, 0.29) is 36.5 Å². The van der Waals surface area contributed by atoms with Crippen LogP contribution in [0.5, 0.6) is 0 Å². The fourth-order valence-electron chi connectivity index (χ4n) is 2.61. The summed E-state index contributed by atoms with van der Waals surface area (Å²) in [6.45, 7) is 3.56. The quantitative estimate of drug-likeness (QED) is 0.613. The van der Waals surface area contributed by atoms with Crippen molar-refractivity contribution in [3.8, 4) is 0 Å². The van der Waals surface area contributed by atoms with Gasteiger partial charge in [-0.25, -0.2) is 4.98 Å². The molecular formula is C17H19ClN4O4. The van der Waals surface area contributed by atoms with E-state index in [0.29, 0.717) is 27.7 Å². The molecule has 0 saturated heterocycles. The van der Waals surface area contributed by atoms with Crippen LogP contribution in [0.1, 0.15) is 29.1 Å². The van der Waals surface area contributed by atoms with Gasteiger partial charge in [-0.15, -0.1) is 0 Å². The Balaban J connectivity index is 2.06. The van der Waals surface area contributed by atoms with Crippen LogP contribution in [0.2, 0.25) is 5.02 Å². The Morgan fingerprint density at radius 1 is 1.38 bits per heavy atom. The van der Waals surface area contributed by atoms with Gasteiger partial charge in [0.05, 0.1) is 4.92 Å². The van der Waals surface area contributed by atoms with Crippen molar-refractivity contribution in [2.24, 2.45) is 0 Å². The van der Waals surface area contributed by atoms with E-state index in [2.05, 4.69) is 9.97 Å². The minimum absolute atomic E-state index is 0.0851. The highest BCUT2D eigenvalue weighted by Crippen LogP contribution is 2.23. The number of hydrogen-bond acceptors (Lipinski definition) is 5. The van der Waals surface area contributed by atoms with Gasteiger partial charge in [0.2, 0.25) is 5.91 Å². The monoisotopic (exact) mass is 378 g/mol. The number of carbonyl (C=O) groups excluding carboxylic acids is 1. The van der Waals surface area contributed by atoms with Crippen LogP contribution in [-0.4, -0.2) is 32.7 Å². The Hall–Kier alpha value is -2.74. The lowest BCUT2D eigenvalue weighted by Gasteiger charge is -2.18. The summed E-state index contributed by atoms with van der Waals surface area (Å²) in [5.74, 6) is 0.326. The molecule has 0 unspecified atom stereocenters. The Bertz CT molecular complexity index is 910. The number of nitrogens with one attached hydrogen (secondary N) is 1. The number of H-pyrrole nitrogens is 1. The predicted octanol–water partition coefficient (Wildman–Crippen LogP) is 2.54. The maximum Gasteiger partial charge on any atom is 0.269 e. The number of nitro groups is 1. The molecule has 0 aliphatic carbocycles. The first-order chi connectivity index (χ1) is 12.2. The number of aryl methyl sites for hydroxylation is 2. The highest BCUT2D eigenvalue weighted by molar-refractivity contribution is 6.31. The number of carbonyl (C=O) groups is 1. The van der Waals surface area contributed by atoms with Crippen LogP contribution in [0.3, 0.4) is 0 Å². The fraction of sp³-hybridized carbons (Fsp3) is 0.353. The van der Waals surface area contributed by atoms with Crippen molar-refractivity contribution in [2.75, 3.05) is 7.05 Å². The van der Waals surface area contributed by atoms with Gasteiger partial charge in [-0.05, 0) is 31.9 Å². The second-order valence-electron chi connectivity index (χ2n) is 6.00. The van der Waals surface area contributed by atoms with Gasteiger partial charge >= 0.3 is 0 Å². The minimum atomic E-state index is -0.513. The molecule has 0 atom stereocenters. The van der Waals surface area contributed by atoms with Crippen molar-refractivity contribution in [1.29, 1.82) is 0 Å². The third-order valence-electron chi connectivity index (χ3n) is 4.00. The van der Waals surface area contributed by atoms with Crippen molar-refractivity contribution >= 4 is 23.2 Å². The van der Waals surface area contributed by atoms with Crippen molar-refractivity contribution in [1.82, 2.24) is 14.9 Å². The maximum atomic E-state index is 12.4. The van der Waals surface area contributed by atoms with Crippen molar-refractivity contribution in [2.45, 2.75) is 33.2 Å². The summed E-state index contributed by atoms with van der Waals surface area (Å²) < 4.78 is 0. The van der Waals surface area contributed by atoms with E-state index in [1.54, 1.807) is 20.9 Å². The molecule has 2 aromatic rings. The molecule has 0 aliphatic heterocycles. The lowest BCUT2D eigenvalue weighted by Crippen LogP contribution is -2.28. The van der Waals surface area contributed by atoms with Crippen LogP contribution in [0, 0.1) is 24.0 Å². The van der Waals surface area contributed by atoms with Crippen molar-refractivity contribution in [3.63, 3.8) is 0 Å². The first-order valence-corrected chi connectivity index (χ1v) is 8.30. The number of nitrogens with zero attached hydrogens (tertiary/aromatic N) is 3. The fourth-order valence-corrected chi connectivity index (χ4v) is 2.79. The SMILES string of the molecule is Cc1nc(C)c(CCC(=O)N(C)Cc2cc([N+](=O)[O-])ccc2Cl)c(=O)[nH]1. The molecule has 0 fully saturated rings. The zero-order valence-corrected chi connectivity index (χ0v) is 15.5. The lowest BCUT2D eigenvalue weighted by atomic mass is 10.1. The molecular weight excluding hydrogens is 360 g/mol. The number of amides is 1. The van der Waals surface area contributed by atoms with E-state index in [9.17, 15) is 19.7 Å². The zero-order chi connectivity index (χ0) is 19.4. The largest absolute Gasteiger partial charge is 0.341 e. The molecule has 138 valence electrons. The number of benzene rings is 1. The molecule has 1 amide bonds. The highest BCUT2D eigenvalue weighted by Gasteiger charge is 2.16. The smallest absolute Gasteiger partial charge is 0.269 e. The number of halogens is 1. The van der Waals surface area contributed by atoms with Gasteiger partial charge in [0.1, 0.15) is 5.82 Å². The second kappa shape index (κ2) is 8.09. The molecule has 26 heavy (non-hydrogen) atoms. The van der Waals surface area contributed by atoms with E-state index >= 15 is 0 Å². The summed E-state index contributed by atoms with van der Waals surface area (Å²) in [5.41, 5.74) is 1.24. The Morgan fingerprint density at radius 2 is 2.08 bits per heavy atom. The van der Waals surface area contributed by atoms with Gasteiger partial charge in [0, 0.05) is 48.4 Å². The van der Waals surface area contributed by atoms with Crippen LogP contribution in [0.25, 0.3) is 0 Å². The molecule has 1 N–H and O–H groups in total. The summed E-state index contributed by atoms with van der Waals surface area (Å²) in [5, 5.41) is 11.2. The highest BCUT2D eigenvalue weighted by atomic mass is 35.5. The maximum absolute atomic E-state index is 12.4. The van der Waals surface area contributed by atoms with Crippen LogP contribution in [-0.2, 0) is 17.8 Å². The topological polar surface area (TPSA) is 109 Å². The van der Waals surface area contributed by atoms with E-state index in [4.69, 9.17) is 11.6 Å². The average molecular weight is 379 g/mol. The molecule has 0 aliphatic rings. The molecule has 8 nitrogen and oxygen atoms in total. The molecule has 0 spiro atoms.